The lowest BCUT2D eigenvalue weighted by molar-refractivity contribution is -0.275. The van der Waals surface area contributed by atoms with E-state index in [0.717, 1.165) is 6.20 Å². The minimum absolute atomic E-state index is 0.139. The van der Waals surface area contributed by atoms with Crippen LogP contribution in [-0.4, -0.2) is 11.3 Å². The van der Waals surface area contributed by atoms with E-state index >= 15 is 0 Å². The molecule has 3 nitrogen and oxygen atoms in total. The van der Waals surface area contributed by atoms with Crippen LogP contribution in [0.3, 0.4) is 0 Å². The molecular formula is C7H5F4NO2. The molecule has 0 aromatic carbocycles. The van der Waals surface area contributed by atoms with Crippen LogP contribution in [0, 0.1) is 12.7 Å². The first-order valence-electron chi connectivity index (χ1n) is 3.45. The summed E-state index contributed by atoms with van der Waals surface area (Å²) in [6.07, 6.45) is -4.08. The summed E-state index contributed by atoms with van der Waals surface area (Å²) in [7, 11) is 0. The number of aromatic nitrogens is 1. The number of pyridine rings is 1. The molecule has 0 saturated carbocycles. The topological polar surface area (TPSA) is 42.1 Å². The Hall–Kier alpha value is -1.53. The van der Waals surface area contributed by atoms with E-state index in [1.807, 2.05) is 4.98 Å². The number of hydrogen-bond donors (Lipinski definition) is 1. The summed E-state index contributed by atoms with van der Waals surface area (Å²) in [5.74, 6) is -2.68. The van der Waals surface area contributed by atoms with Crippen LogP contribution >= 0.6 is 0 Å². The third kappa shape index (κ3) is 2.24. The monoisotopic (exact) mass is 211 g/mol. The molecular weight excluding hydrogens is 206 g/mol. The molecule has 0 amide bonds. The van der Waals surface area contributed by atoms with Crippen LogP contribution in [0.4, 0.5) is 17.6 Å². The molecule has 1 N–H and O–H groups in total. The summed E-state index contributed by atoms with van der Waals surface area (Å²) >= 11 is 0. The van der Waals surface area contributed by atoms with Gasteiger partial charge in [-0.2, -0.15) is 4.39 Å². The lowest BCUT2D eigenvalue weighted by atomic mass is 10.3. The number of ether oxygens (including phenoxy) is 1. The molecule has 0 atom stereocenters. The Bertz CT molecular complexity index is 396. The molecule has 1 rings (SSSR count). The molecule has 0 bridgehead atoms. The largest absolute Gasteiger partial charge is 0.573 e. The first-order valence-corrected chi connectivity index (χ1v) is 3.45. The standard InChI is InChI=1S/C7H5F4NO2/c1-3-2-12-6(13)4(8)5(3)14-7(9,10)11/h2H,1H3,(H,12,13). The second-order valence-electron chi connectivity index (χ2n) is 2.49. The molecule has 0 fully saturated rings. The zero-order chi connectivity index (χ0) is 10.9. The SMILES string of the molecule is Cc1c[nH]c(=O)c(F)c1OC(F)(F)F. The van der Waals surface area contributed by atoms with Crippen LogP contribution in [0.25, 0.3) is 0 Å². The van der Waals surface area contributed by atoms with Gasteiger partial charge in [0.25, 0.3) is 5.56 Å². The van der Waals surface area contributed by atoms with Crippen LogP contribution in [0.1, 0.15) is 5.56 Å². The average molecular weight is 211 g/mol. The van der Waals surface area contributed by atoms with Crippen molar-refractivity contribution in [1.29, 1.82) is 0 Å². The van der Waals surface area contributed by atoms with Gasteiger partial charge in [0, 0.05) is 11.8 Å². The van der Waals surface area contributed by atoms with E-state index in [1.165, 1.54) is 6.92 Å². The number of H-pyrrole nitrogens is 1. The lowest BCUT2D eigenvalue weighted by Gasteiger charge is -2.10. The molecule has 1 aromatic heterocycles. The third-order valence-corrected chi connectivity index (χ3v) is 1.39. The molecule has 0 aliphatic heterocycles. The van der Waals surface area contributed by atoms with Gasteiger partial charge in [-0.05, 0) is 6.92 Å². The smallest absolute Gasteiger partial charge is 0.402 e. The number of rotatable bonds is 1. The second kappa shape index (κ2) is 3.32. The summed E-state index contributed by atoms with van der Waals surface area (Å²) in [6.45, 7) is 1.18. The molecule has 14 heavy (non-hydrogen) atoms. The van der Waals surface area contributed by atoms with Crippen molar-refractivity contribution in [2.75, 3.05) is 0 Å². The predicted molar refractivity (Wildman–Crippen MR) is 38.4 cm³/mol. The van der Waals surface area contributed by atoms with Crippen molar-refractivity contribution < 1.29 is 22.3 Å². The predicted octanol–water partition coefficient (Wildman–Crippen LogP) is 1.72. The Morgan fingerprint density at radius 3 is 2.50 bits per heavy atom. The van der Waals surface area contributed by atoms with Gasteiger partial charge in [-0.25, -0.2) is 0 Å². The quantitative estimate of drug-likeness (QED) is 0.718. The van der Waals surface area contributed by atoms with E-state index in [9.17, 15) is 22.4 Å². The molecule has 0 aliphatic carbocycles. The Morgan fingerprint density at radius 1 is 1.43 bits per heavy atom. The lowest BCUT2D eigenvalue weighted by Crippen LogP contribution is -2.22. The van der Waals surface area contributed by atoms with E-state index in [4.69, 9.17) is 0 Å². The Kier molecular flexibility index (Phi) is 2.50. The zero-order valence-electron chi connectivity index (χ0n) is 6.91. The highest BCUT2D eigenvalue weighted by Crippen LogP contribution is 2.26. The van der Waals surface area contributed by atoms with Crippen molar-refractivity contribution >= 4 is 0 Å². The van der Waals surface area contributed by atoms with E-state index in [0.29, 0.717) is 0 Å². The minimum Gasteiger partial charge on any atom is -0.402 e. The number of hydrogen-bond acceptors (Lipinski definition) is 2. The second-order valence-corrected chi connectivity index (χ2v) is 2.49. The van der Waals surface area contributed by atoms with Crippen LogP contribution in [0.2, 0.25) is 0 Å². The molecule has 1 aromatic rings. The van der Waals surface area contributed by atoms with Crippen molar-refractivity contribution in [2.45, 2.75) is 13.3 Å². The Morgan fingerprint density at radius 2 is 2.00 bits per heavy atom. The van der Waals surface area contributed by atoms with Gasteiger partial charge < -0.3 is 9.72 Å². The fourth-order valence-corrected chi connectivity index (χ4v) is 0.820. The van der Waals surface area contributed by atoms with Crippen molar-refractivity contribution in [3.05, 3.63) is 27.9 Å². The van der Waals surface area contributed by atoms with Gasteiger partial charge in [0.15, 0.2) is 5.75 Å². The van der Waals surface area contributed by atoms with Gasteiger partial charge in [-0.1, -0.05) is 0 Å². The Labute approximate surface area is 75.3 Å². The molecule has 0 spiro atoms. The molecule has 0 radical (unpaired) electrons. The van der Waals surface area contributed by atoms with E-state index in [1.54, 1.807) is 0 Å². The normalized spacial score (nSPS) is 11.5. The van der Waals surface area contributed by atoms with Crippen molar-refractivity contribution in [3.8, 4) is 5.75 Å². The summed E-state index contributed by atoms with van der Waals surface area (Å²) in [6, 6.07) is 0. The molecule has 78 valence electrons. The highest BCUT2D eigenvalue weighted by molar-refractivity contribution is 5.30. The van der Waals surface area contributed by atoms with Crippen LogP contribution in [0.5, 0.6) is 5.75 Å². The van der Waals surface area contributed by atoms with E-state index in [-0.39, 0.29) is 5.56 Å². The zero-order valence-corrected chi connectivity index (χ0v) is 6.91. The summed E-state index contributed by atoms with van der Waals surface area (Å²) in [5.41, 5.74) is -1.39. The maximum atomic E-state index is 12.8. The molecule has 1 heterocycles. The summed E-state index contributed by atoms with van der Waals surface area (Å²) in [4.78, 5) is 12.5. The third-order valence-electron chi connectivity index (χ3n) is 1.39. The van der Waals surface area contributed by atoms with Gasteiger partial charge in [0.2, 0.25) is 5.82 Å². The number of aromatic amines is 1. The van der Waals surface area contributed by atoms with Crippen molar-refractivity contribution in [2.24, 2.45) is 0 Å². The van der Waals surface area contributed by atoms with Gasteiger partial charge in [-0.3, -0.25) is 4.79 Å². The van der Waals surface area contributed by atoms with Crippen molar-refractivity contribution in [3.63, 3.8) is 0 Å². The number of alkyl halides is 3. The molecule has 0 unspecified atom stereocenters. The molecule has 0 aliphatic rings. The Balaban J connectivity index is 3.20. The number of aryl methyl sites for hydroxylation is 1. The highest BCUT2D eigenvalue weighted by Gasteiger charge is 2.33. The van der Waals surface area contributed by atoms with E-state index in [2.05, 4.69) is 4.74 Å². The minimum atomic E-state index is -5.01. The van der Waals surface area contributed by atoms with E-state index < -0.39 is 23.5 Å². The highest BCUT2D eigenvalue weighted by atomic mass is 19.4. The van der Waals surface area contributed by atoms with Crippen LogP contribution < -0.4 is 10.3 Å². The van der Waals surface area contributed by atoms with Crippen LogP contribution in [0.15, 0.2) is 11.0 Å². The fourth-order valence-electron chi connectivity index (χ4n) is 0.820. The molecule has 7 heteroatoms. The van der Waals surface area contributed by atoms with Crippen molar-refractivity contribution in [1.82, 2.24) is 4.98 Å². The van der Waals surface area contributed by atoms with Gasteiger partial charge in [-0.15, -0.1) is 13.2 Å². The maximum Gasteiger partial charge on any atom is 0.573 e. The van der Waals surface area contributed by atoms with Gasteiger partial charge in [0.05, 0.1) is 0 Å². The maximum absolute atomic E-state index is 12.8. The van der Waals surface area contributed by atoms with Gasteiger partial charge >= 0.3 is 6.36 Å². The first-order chi connectivity index (χ1) is 6.31. The van der Waals surface area contributed by atoms with Gasteiger partial charge in [0.1, 0.15) is 0 Å². The summed E-state index contributed by atoms with van der Waals surface area (Å²) < 4.78 is 51.4. The fraction of sp³-hybridized carbons (Fsp3) is 0.286. The first kappa shape index (κ1) is 10.6. The number of nitrogens with one attached hydrogen (secondary N) is 1. The summed E-state index contributed by atoms with van der Waals surface area (Å²) in [5, 5.41) is 0. The van der Waals surface area contributed by atoms with Crippen LogP contribution in [-0.2, 0) is 0 Å². The number of halogens is 4. The molecule has 0 saturated heterocycles. The average Bonchev–Trinajstić information content (AvgIpc) is 2.04.